The Morgan fingerprint density at radius 2 is 1.76 bits per heavy atom. The number of aliphatic hydroxyl groups is 1. The summed E-state index contributed by atoms with van der Waals surface area (Å²) in [4.78, 5) is 19.8. The lowest BCUT2D eigenvalue weighted by molar-refractivity contribution is -0.135. The number of aldehydes is 1. The highest BCUT2D eigenvalue weighted by Gasteiger charge is 1.80. The predicted octanol–water partition coefficient (Wildman–Crippen LogP) is 2.88. The third-order valence-electron chi connectivity index (χ3n) is 1.18. The van der Waals surface area contributed by atoms with Gasteiger partial charge in [0.2, 0.25) is 0 Å². The van der Waals surface area contributed by atoms with Gasteiger partial charge in [-0.3, -0.25) is 9.59 Å². The zero-order valence-corrected chi connectivity index (χ0v) is 9.70. The molecule has 0 heterocycles. The van der Waals surface area contributed by atoms with Crippen molar-refractivity contribution >= 4 is 12.3 Å². The monoisotopic (exact) mass is 236 g/mol. The predicted molar refractivity (Wildman–Crippen MR) is 66.6 cm³/mol. The Morgan fingerprint density at radius 1 is 1.29 bits per heavy atom. The van der Waals surface area contributed by atoms with Gasteiger partial charge in [-0.05, 0) is 0 Å². The maximum Gasteiger partial charge on any atom is 0.307 e. The molecule has 0 bridgehead atoms. The van der Waals surface area contributed by atoms with E-state index in [2.05, 4.69) is 17.9 Å². The van der Waals surface area contributed by atoms with Crippen LogP contribution in [0.25, 0.3) is 0 Å². The first-order valence-corrected chi connectivity index (χ1v) is 4.65. The highest BCUT2D eigenvalue weighted by molar-refractivity contribution is 5.74. The van der Waals surface area contributed by atoms with Gasteiger partial charge in [-0.2, -0.15) is 0 Å². The first-order valence-electron chi connectivity index (χ1n) is 4.65. The standard InChI is InChI=1S/C7H6O.C4H6O2.C2H4O/c8-6-7-4-2-1-3-5-7;1-3-6-4(2)5;1-2-3/h1-6H;3H,1H2,2H3;2-3H,1H2. The molecule has 0 unspecified atom stereocenters. The second-order valence-corrected chi connectivity index (χ2v) is 2.49. The summed E-state index contributed by atoms with van der Waals surface area (Å²) in [7, 11) is 0. The molecule has 0 saturated heterocycles. The van der Waals surface area contributed by atoms with Crippen LogP contribution in [-0.2, 0) is 9.53 Å². The number of esters is 1. The molecule has 17 heavy (non-hydrogen) atoms. The average Bonchev–Trinajstić information content (AvgIpc) is 2.32. The van der Waals surface area contributed by atoms with Gasteiger partial charge in [-0.25, -0.2) is 0 Å². The highest BCUT2D eigenvalue weighted by Crippen LogP contribution is 1.91. The van der Waals surface area contributed by atoms with Crippen molar-refractivity contribution in [2.75, 3.05) is 0 Å². The van der Waals surface area contributed by atoms with Crippen molar-refractivity contribution in [3.8, 4) is 0 Å². The van der Waals surface area contributed by atoms with Crippen LogP contribution in [0.5, 0.6) is 0 Å². The summed E-state index contributed by atoms with van der Waals surface area (Å²) >= 11 is 0. The van der Waals surface area contributed by atoms with Crippen LogP contribution >= 0.6 is 0 Å². The van der Waals surface area contributed by atoms with E-state index in [4.69, 9.17) is 5.11 Å². The van der Waals surface area contributed by atoms with Crippen molar-refractivity contribution in [1.29, 1.82) is 0 Å². The van der Waals surface area contributed by atoms with E-state index in [0.717, 1.165) is 24.4 Å². The molecule has 0 amide bonds. The second-order valence-electron chi connectivity index (χ2n) is 2.49. The Morgan fingerprint density at radius 3 is 1.94 bits per heavy atom. The van der Waals surface area contributed by atoms with Crippen molar-refractivity contribution < 1.29 is 19.4 Å². The summed E-state index contributed by atoms with van der Waals surface area (Å²) in [5.74, 6) is -0.329. The fourth-order valence-corrected chi connectivity index (χ4v) is 0.649. The molecule has 92 valence electrons. The Labute approximate surface area is 101 Å². The molecule has 0 aliphatic carbocycles. The van der Waals surface area contributed by atoms with Crippen LogP contribution in [-0.4, -0.2) is 17.4 Å². The summed E-state index contributed by atoms with van der Waals surface area (Å²) in [5, 5.41) is 7.33. The number of carbonyl (C=O) groups is 2. The van der Waals surface area contributed by atoms with E-state index in [9.17, 15) is 9.59 Å². The maximum absolute atomic E-state index is 10.0. The number of benzene rings is 1. The molecule has 1 aromatic rings. The van der Waals surface area contributed by atoms with Crippen molar-refractivity contribution in [1.82, 2.24) is 0 Å². The zero-order chi connectivity index (χ0) is 13.5. The summed E-state index contributed by atoms with van der Waals surface area (Å²) in [6.07, 6.45) is 2.68. The van der Waals surface area contributed by atoms with Gasteiger partial charge in [0, 0.05) is 12.5 Å². The van der Waals surface area contributed by atoms with Crippen LogP contribution in [0.4, 0.5) is 0 Å². The lowest BCUT2D eigenvalue weighted by Crippen LogP contribution is -1.87. The van der Waals surface area contributed by atoms with Crippen LogP contribution in [0.1, 0.15) is 17.3 Å². The number of carbonyl (C=O) groups excluding carboxylic acids is 2. The number of aliphatic hydroxyl groups excluding tert-OH is 1. The number of ether oxygens (including phenoxy) is 1. The molecule has 4 heteroatoms. The fourth-order valence-electron chi connectivity index (χ4n) is 0.649. The van der Waals surface area contributed by atoms with Gasteiger partial charge in [-0.15, -0.1) is 0 Å². The van der Waals surface area contributed by atoms with Gasteiger partial charge in [0.25, 0.3) is 0 Å². The fraction of sp³-hybridized carbons (Fsp3) is 0.0769. The van der Waals surface area contributed by atoms with Crippen molar-refractivity contribution in [2.45, 2.75) is 6.92 Å². The largest absolute Gasteiger partial charge is 0.516 e. The molecule has 0 atom stereocenters. The normalized spacial score (nSPS) is 7.12. The molecule has 0 aliphatic heterocycles. The topological polar surface area (TPSA) is 63.6 Å². The van der Waals surface area contributed by atoms with Crippen LogP contribution in [0.3, 0.4) is 0 Å². The van der Waals surface area contributed by atoms with Gasteiger partial charge in [0.15, 0.2) is 0 Å². The molecular formula is C13H16O4. The molecule has 0 radical (unpaired) electrons. The number of rotatable bonds is 2. The first kappa shape index (κ1) is 17.0. The van der Waals surface area contributed by atoms with Crippen LogP contribution in [0.15, 0.2) is 56.0 Å². The minimum absolute atomic E-state index is 0.329. The molecule has 0 aliphatic rings. The van der Waals surface area contributed by atoms with Crippen LogP contribution in [0, 0.1) is 0 Å². The first-order chi connectivity index (χ1) is 8.12. The molecule has 1 rings (SSSR count). The average molecular weight is 236 g/mol. The molecule has 0 aromatic heterocycles. The SMILES string of the molecule is C=CO.C=COC(C)=O.O=Cc1ccccc1. The van der Waals surface area contributed by atoms with Crippen molar-refractivity contribution in [3.63, 3.8) is 0 Å². The lowest BCUT2D eigenvalue weighted by atomic mass is 10.2. The second kappa shape index (κ2) is 13.6. The Kier molecular flexibility index (Phi) is 13.7. The Bertz CT molecular complexity index is 331. The minimum atomic E-state index is -0.329. The quantitative estimate of drug-likeness (QED) is 0.487. The van der Waals surface area contributed by atoms with E-state index in [1.165, 1.54) is 6.92 Å². The zero-order valence-electron chi connectivity index (χ0n) is 9.70. The Balaban J connectivity index is 0. The molecule has 4 nitrogen and oxygen atoms in total. The Hall–Kier alpha value is -2.36. The smallest absolute Gasteiger partial charge is 0.307 e. The van der Waals surface area contributed by atoms with Crippen LogP contribution < -0.4 is 0 Å². The third kappa shape index (κ3) is 16.3. The highest BCUT2D eigenvalue weighted by atomic mass is 16.5. The van der Waals surface area contributed by atoms with E-state index < -0.39 is 0 Å². The lowest BCUT2D eigenvalue weighted by Gasteiger charge is -1.83. The van der Waals surface area contributed by atoms with E-state index in [0.29, 0.717) is 0 Å². The molecule has 0 fully saturated rings. The summed E-state index contributed by atoms with van der Waals surface area (Å²) in [6.45, 7) is 7.40. The van der Waals surface area contributed by atoms with Crippen LogP contribution in [0.2, 0.25) is 0 Å². The van der Waals surface area contributed by atoms with Gasteiger partial charge >= 0.3 is 5.97 Å². The molecule has 1 aromatic carbocycles. The van der Waals surface area contributed by atoms with E-state index in [1.54, 1.807) is 12.1 Å². The number of hydrogen-bond donors (Lipinski definition) is 1. The van der Waals surface area contributed by atoms with Crippen molar-refractivity contribution in [2.24, 2.45) is 0 Å². The maximum atomic E-state index is 10.0. The summed E-state index contributed by atoms with van der Waals surface area (Å²) in [6, 6.07) is 9.10. The van der Waals surface area contributed by atoms with E-state index in [1.807, 2.05) is 18.2 Å². The molecular weight excluding hydrogens is 220 g/mol. The van der Waals surface area contributed by atoms with Gasteiger partial charge in [0.1, 0.15) is 6.29 Å². The van der Waals surface area contributed by atoms with Crippen molar-refractivity contribution in [3.05, 3.63) is 61.6 Å². The minimum Gasteiger partial charge on any atom is -0.516 e. The van der Waals surface area contributed by atoms with Gasteiger partial charge in [-0.1, -0.05) is 43.5 Å². The number of hydrogen-bond acceptors (Lipinski definition) is 4. The van der Waals surface area contributed by atoms with Gasteiger partial charge < -0.3 is 9.84 Å². The van der Waals surface area contributed by atoms with E-state index >= 15 is 0 Å². The molecule has 0 spiro atoms. The molecule has 0 saturated carbocycles. The summed E-state index contributed by atoms with van der Waals surface area (Å²) in [5.41, 5.74) is 0.729. The third-order valence-corrected chi connectivity index (χ3v) is 1.18. The van der Waals surface area contributed by atoms with E-state index in [-0.39, 0.29) is 5.97 Å². The molecule has 1 N–H and O–H groups in total. The van der Waals surface area contributed by atoms with Gasteiger partial charge in [0.05, 0.1) is 12.5 Å². The summed E-state index contributed by atoms with van der Waals surface area (Å²) < 4.78 is 4.17.